The van der Waals surface area contributed by atoms with Crippen molar-refractivity contribution in [1.82, 2.24) is 0 Å². The van der Waals surface area contributed by atoms with Crippen molar-refractivity contribution in [2.24, 2.45) is 34.0 Å². The molecule has 3 rings (SSSR count). The molecule has 0 aromatic heterocycles. The first-order valence-corrected chi connectivity index (χ1v) is 10.2. The number of rotatable bonds is 3. The van der Waals surface area contributed by atoms with Crippen LogP contribution in [-0.2, 0) is 14.3 Å². The largest absolute Gasteiger partial charge is 0.460 e. The van der Waals surface area contributed by atoms with Crippen molar-refractivity contribution >= 4 is 11.8 Å². The van der Waals surface area contributed by atoms with Crippen LogP contribution in [0.1, 0.15) is 74.7 Å². The van der Waals surface area contributed by atoms with E-state index in [-0.39, 0.29) is 43.8 Å². The van der Waals surface area contributed by atoms with Gasteiger partial charge in [-0.3, -0.25) is 4.79 Å². The van der Waals surface area contributed by atoms with E-state index in [0.29, 0.717) is 12.8 Å². The first-order valence-electron chi connectivity index (χ1n) is 10.2. The van der Waals surface area contributed by atoms with Crippen LogP contribution in [0.25, 0.3) is 0 Å². The minimum absolute atomic E-state index is 0. The molecule has 0 amide bonds. The minimum Gasteiger partial charge on any atom is -0.460 e. The third-order valence-electron chi connectivity index (χ3n) is 8.70. The Bertz CT molecular complexity index is 645. The zero-order valence-electron chi connectivity index (χ0n) is 17.0. The van der Waals surface area contributed by atoms with Crippen LogP contribution in [0.4, 0.5) is 0 Å². The fraction of sp³-hybridized carbons (Fsp3) is 0.833. The third kappa shape index (κ3) is 3.48. The Labute approximate surface area is 176 Å². The molecule has 0 heterocycles. The summed E-state index contributed by atoms with van der Waals surface area (Å²) >= 11 is 0. The highest BCUT2D eigenvalue weighted by atomic mass is 16.6. The molecule has 5 nitrogen and oxygen atoms in total. The quantitative estimate of drug-likeness (QED) is 0.539. The average Bonchev–Trinajstić information content (AvgIpc) is 3.00. The predicted octanol–water partition coefficient (Wildman–Crippen LogP) is 4.16. The molecule has 0 aliphatic heterocycles. The fourth-order valence-electron chi connectivity index (χ4n) is 6.70. The van der Waals surface area contributed by atoms with Crippen LogP contribution in [0.15, 0.2) is 12.7 Å². The lowest BCUT2D eigenvalue weighted by molar-refractivity contribution is -0.207. The SMILES string of the molecule is C.C.C=C[C@]1(C)CC(OC(=O)CO)[C@]2(C)C(C)CC[C@]3(CCC(=O)C23)[C@@H](C)[C@@H]1O. The number of ketones is 1. The molecule has 5 heteroatoms. The van der Waals surface area contributed by atoms with E-state index >= 15 is 0 Å². The summed E-state index contributed by atoms with van der Waals surface area (Å²) < 4.78 is 5.77. The van der Waals surface area contributed by atoms with Crippen LogP contribution >= 0.6 is 0 Å². The van der Waals surface area contributed by atoms with Crippen molar-refractivity contribution in [1.29, 1.82) is 0 Å². The van der Waals surface area contributed by atoms with Gasteiger partial charge < -0.3 is 14.9 Å². The number of Topliss-reactive ketones (excluding diaryl/α,β-unsaturated/α-hetero) is 1. The fourth-order valence-corrected chi connectivity index (χ4v) is 6.70. The lowest BCUT2D eigenvalue weighted by atomic mass is 9.44. The molecule has 2 N–H and O–H groups in total. The molecular formula is C24H42O5. The van der Waals surface area contributed by atoms with E-state index in [1.54, 1.807) is 6.08 Å². The highest BCUT2D eigenvalue weighted by Gasteiger charge is 2.68. The van der Waals surface area contributed by atoms with Gasteiger partial charge in [-0.2, -0.15) is 0 Å². The second-order valence-corrected chi connectivity index (χ2v) is 9.72. The van der Waals surface area contributed by atoms with E-state index in [1.165, 1.54) is 0 Å². The van der Waals surface area contributed by atoms with Crippen LogP contribution in [0, 0.1) is 34.0 Å². The molecule has 0 spiro atoms. The van der Waals surface area contributed by atoms with E-state index in [2.05, 4.69) is 27.4 Å². The van der Waals surface area contributed by atoms with E-state index < -0.39 is 35.6 Å². The summed E-state index contributed by atoms with van der Waals surface area (Å²) in [6.45, 7) is 11.5. The second-order valence-electron chi connectivity index (χ2n) is 9.72. The van der Waals surface area contributed by atoms with E-state index in [1.807, 2.05) is 6.92 Å². The van der Waals surface area contributed by atoms with Crippen LogP contribution in [0.5, 0.6) is 0 Å². The maximum atomic E-state index is 13.1. The summed E-state index contributed by atoms with van der Waals surface area (Å²) in [5.41, 5.74) is -1.43. The lowest BCUT2D eigenvalue weighted by Crippen LogP contribution is -2.63. The van der Waals surface area contributed by atoms with Gasteiger partial charge in [-0.05, 0) is 42.9 Å². The van der Waals surface area contributed by atoms with E-state index in [9.17, 15) is 19.8 Å². The summed E-state index contributed by atoms with van der Waals surface area (Å²) in [6, 6.07) is 0. The number of carbonyl (C=O) groups is 2. The molecule has 3 fully saturated rings. The monoisotopic (exact) mass is 410 g/mol. The highest BCUT2D eigenvalue weighted by molar-refractivity contribution is 5.85. The third-order valence-corrected chi connectivity index (χ3v) is 8.70. The Balaban J connectivity index is 0.00000210. The number of aliphatic hydroxyl groups is 2. The van der Waals surface area contributed by atoms with Gasteiger partial charge in [0, 0.05) is 23.2 Å². The first-order chi connectivity index (χ1) is 12.6. The molecule has 29 heavy (non-hydrogen) atoms. The van der Waals surface area contributed by atoms with Crippen molar-refractivity contribution in [2.45, 2.75) is 86.9 Å². The van der Waals surface area contributed by atoms with Crippen molar-refractivity contribution in [3.8, 4) is 0 Å². The Morgan fingerprint density at radius 2 is 1.90 bits per heavy atom. The van der Waals surface area contributed by atoms with Crippen LogP contribution in [0.2, 0.25) is 0 Å². The number of ether oxygens (including phenoxy) is 1. The van der Waals surface area contributed by atoms with Gasteiger partial charge in [0.1, 0.15) is 18.5 Å². The summed E-state index contributed by atoms with van der Waals surface area (Å²) in [5, 5.41) is 20.6. The van der Waals surface area contributed by atoms with Gasteiger partial charge >= 0.3 is 5.97 Å². The normalized spacial score (nSPS) is 46.3. The van der Waals surface area contributed by atoms with Gasteiger partial charge in [0.25, 0.3) is 0 Å². The highest BCUT2D eigenvalue weighted by Crippen LogP contribution is 2.67. The van der Waals surface area contributed by atoms with Gasteiger partial charge in [-0.1, -0.05) is 48.6 Å². The van der Waals surface area contributed by atoms with Gasteiger partial charge in [0.05, 0.1) is 6.10 Å². The summed E-state index contributed by atoms with van der Waals surface area (Å²) in [7, 11) is 0. The Morgan fingerprint density at radius 1 is 1.28 bits per heavy atom. The van der Waals surface area contributed by atoms with Crippen LogP contribution in [-0.4, -0.2) is 40.8 Å². The lowest BCUT2D eigenvalue weighted by Gasteiger charge is -2.61. The van der Waals surface area contributed by atoms with Gasteiger partial charge in [0.2, 0.25) is 0 Å². The van der Waals surface area contributed by atoms with Crippen molar-refractivity contribution < 1.29 is 24.5 Å². The van der Waals surface area contributed by atoms with Crippen molar-refractivity contribution in [2.75, 3.05) is 6.61 Å². The Hall–Kier alpha value is -1.20. The standard InChI is InChI=1S/C22H34O5.2CH4/c1-6-20(4)11-16(27-17(25)12-23)21(5)13(2)7-9-22(14(3)19(20)26)10-8-15(24)18(21)22;;/h6,13-14,16,18-19,23,26H,1,7-12H2,2-5H3;2*1H4/t13?,14-,16?,18?,19-,20+,21-,22-;;/m0../s1. The Morgan fingerprint density at radius 3 is 2.45 bits per heavy atom. The zero-order chi connectivity index (χ0) is 20.2. The number of esters is 1. The molecule has 0 radical (unpaired) electrons. The number of hydrogen-bond acceptors (Lipinski definition) is 5. The summed E-state index contributed by atoms with van der Waals surface area (Å²) in [4.78, 5) is 25.2. The van der Waals surface area contributed by atoms with Crippen molar-refractivity contribution in [3.63, 3.8) is 0 Å². The molecule has 3 unspecified atom stereocenters. The summed E-state index contributed by atoms with van der Waals surface area (Å²) in [5.74, 6) is -0.520. The maximum Gasteiger partial charge on any atom is 0.332 e. The minimum atomic E-state index is -0.686. The molecule has 0 aromatic rings. The molecule has 2 bridgehead atoms. The van der Waals surface area contributed by atoms with Crippen molar-refractivity contribution in [3.05, 3.63) is 12.7 Å². The molecular weight excluding hydrogens is 368 g/mol. The first kappa shape index (κ1) is 25.8. The van der Waals surface area contributed by atoms with E-state index in [0.717, 1.165) is 19.3 Å². The number of hydrogen-bond donors (Lipinski definition) is 2. The smallest absolute Gasteiger partial charge is 0.332 e. The van der Waals surface area contributed by atoms with Gasteiger partial charge in [-0.25, -0.2) is 4.79 Å². The molecule has 168 valence electrons. The molecule has 0 aromatic carbocycles. The van der Waals surface area contributed by atoms with Crippen LogP contribution in [0.3, 0.4) is 0 Å². The number of carbonyl (C=O) groups excluding carboxylic acids is 2. The molecule has 3 aliphatic carbocycles. The molecule has 3 aliphatic rings. The topological polar surface area (TPSA) is 83.8 Å². The maximum absolute atomic E-state index is 13.1. The van der Waals surface area contributed by atoms with Gasteiger partial charge in [0.15, 0.2) is 0 Å². The second kappa shape index (κ2) is 8.50. The molecule has 0 saturated heterocycles. The predicted molar refractivity (Wildman–Crippen MR) is 115 cm³/mol. The average molecular weight is 411 g/mol. The summed E-state index contributed by atoms with van der Waals surface area (Å²) in [6.07, 6.45) is 4.10. The van der Waals surface area contributed by atoms with Gasteiger partial charge in [-0.15, -0.1) is 6.58 Å². The number of aliphatic hydroxyl groups excluding tert-OH is 2. The Kier molecular flexibility index (Phi) is 7.58. The van der Waals surface area contributed by atoms with E-state index in [4.69, 9.17) is 4.74 Å². The van der Waals surface area contributed by atoms with Crippen LogP contribution < -0.4 is 0 Å². The molecule has 3 saturated carbocycles. The zero-order valence-corrected chi connectivity index (χ0v) is 17.0. The molecule has 8 atom stereocenters.